The molecule has 11 heteroatoms. The second-order valence-electron chi connectivity index (χ2n) is 5.98. The van der Waals surface area contributed by atoms with Gasteiger partial charge < -0.3 is 20.5 Å². The van der Waals surface area contributed by atoms with Gasteiger partial charge in [-0.25, -0.2) is 27.9 Å². The van der Waals surface area contributed by atoms with Crippen LogP contribution >= 0.6 is 0 Å². The molecule has 1 heterocycles. The number of ether oxygens (including phenoxy) is 1. The second-order valence-corrected chi connectivity index (χ2v) is 7.87. The third-order valence-electron chi connectivity index (χ3n) is 3.82. The zero-order chi connectivity index (χ0) is 21.6. The van der Waals surface area contributed by atoms with E-state index in [1.807, 2.05) is 0 Å². The first-order chi connectivity index (χ1) is 14.4. The Morgan fingerprint density at radius 3 is 2.27 bits per heavy atom. The molecule has 0 amide bonds. The SMILES string of the molecule is CNS(=O)(=O)c1cccc(Nc2cc(Nc3cccc(OCC(=O)O)c3)ncn2)c1. The Bertz CT molecular complexity index is 1150. The van der Waals surface area contributed by atoms with Crippen molar-refractivity contribution in [1.29, 1.82) is 0 Å². The van der Waals surface area contributed by atoms with Gasteiger partial charge >= 0.3 is 5.97 Å². The van der Waals surface area contributed by atoms with Crippen LogP contribution < -0.4 is 20.1 Å². The Labute approximate surface area is 173 Å². The van der Waals surface area contributed by atoms with Crippen molar-refractivity contribution in [3.05, 3.63) is 60.9 Å². The van der Waals surface area contributed by atoms with Crippen LogP contribution in [0.1, 0.15) is 0 Å². The lowest BCUT2D eigenvalue weighted by Gasteiger charge is -2.11. The Hall–Kier alpha value is -3.70. The number of nitrogens with one attached hydrogen (secondary N) is 3. The lowest BCUT2D eigenvalue weighted by molar-refractivity contribution is -0.139. The third kappa shape index (κ3) is 5.65. The van der Waals surface area contributed by atoms with E-state index in [1.54, 1.807) is 42.5 Å². The summed E-state index contributed by atoms with van der Waals surface area (Å²) in [5, 5.41) is 14.8. The number of nitrogens with zero attached hydrogens (tertiary/aromatic N) is 2. The van der Waals surface area contributed by atoms with Gasteiger partial charge in [0.2, 0.25) is 10.0 Å². The van der Waals surface area contributed by atoms with Crippen molar-refractivity contribution in [2.75, 3.05) is 24.3 Å². The molecule has 0 atom stereocenters. The van der Waals surface area contributed by atoms with Crippen molar-refractivity contribution < 1.29 is 23.1 Å². The lowest BCUT2D eigenvalue weighted by atomic mass is 10.3. The molecule has 0 aliphatic heterocycles. The molecule has 10 nitrogen and oxygen atoms in total. The smallest absolute Gasteiger partial charge is 0.341 e. The first-order valence-corrected chi connectivity index (χ1v) is 10.2. The number of rotatable bonds is 9. The molecule has 0 saturated carbocycles. The minimum absolute atomic E-state index is 0.126. The fourth-order valence-electron chi connectivity index (χ4n) is 2.46. The van der Waals surface area contributed by atoms with Gasteiger partial charge in [0.15, 0.2) is 6.61 Å². The first kappa shape index (κ1) is 21.0. The molecular formula is C19H19N5O5S. The molecule has 0 radical (unpaired) electrons. The standard InChI is InChI=1S/C19H19N5O5S/c1-20-30(27,28)16-7-3-5-14(9-16)24-18-10-17(21-12-22-18)23-13-4-2-6-15(8-13)29-11-19(25)26/h2-10,12,20H,11H2,1H3,(H,25,26)(H2,21,22,23,24). The number of carboxylic acid groups (broad SMARTS) is 1. The zero-order valence-electron chi connectivity index (χ0n) is 15.9. The summed E-state index contributed by atoms with van der Waals surface area (Å²) < 4.78 is 31.3. The maximum Gasteiger partial charge on any atom is 0.341 e. The van der Waals surface area contributed by atoms with Crippen molar-refractivity contribution in [2.45, 2.75) is 4.90 Å². The summed E-state index contributed by atoms with van der Waals surface area (Å²) in [6, 6.07) is 14.7. The second kappa shape index (κ2) is 9.20. The van der Waals surface area contributed by atoms with Crippen LogP contribution in [0.5, 0.6) is 5.75 Å². The summed E-state index contributed by atoms with van der Waals surface area (Å²) in [6.07, 6.45) is 1.35. The number of aromatic nitrogens is 2. The molecule has 1 aromatic heterocycles. The van der Waals surface area contributed by atoms with E-state index in [2.05, 4.69) is 25.3 Å². The summed E-state index contributed by atoms with van der Waals surface area (Å²) in [5.41, 5.74) is 1.18. The van der Waals surface area contributed by atoms with Gasteiger partial charge in [-0.2, -0.15) is 0 Å². The molecule has 156 valence electrons. The molecule has 0 bridgehead atoms. The summed E-state index contributed by atoms with van der Waals surface area (Å²) in [6.45, 7) is -0.437. The van der Waals surface area contributed by atoms with Crippen molar-refractivity contribution in [3.8, 4) is 5.75 Å². The molecule has 3 rings (SSSR count). The average molecular weight is 429 g/mol. The number of hydrogen-bond donors (Lipinski definition) is 4. The predicted molar refractivity (Wildman–Crippen MR) is 111 cm³/mol. The van der Waals surface area contributed by atoms with Gasteiger partial charge in [-0.05, 0) is 37.4 Å². The van der Waals surface area contributed by atoms with E-state index in [0.717, 1.165) is 0 Å². The van der Waals surface area contributed by atoms with Gasteiger partial charge in [-0.15, -0.1) is 0 Å². The number of carboxylic acids is 1. The van der Waals surface area contributed by atoms with E-state index in [0.29, 0.717) is 28.8 Å². The van der Waals surface area contributed by atoms with Gasteiger partial charge in [0.25, 0.3) is 0 Å². The van der Waals surface area contributed by atoms with Crippen molar-refractivity contribution in [3.63, 3.8) is 0 Å². The monoisotopic (exact) mass is 429 g/mol. The quantitative estimate of drug-likeness (QED) is 0.403. The summed E-state index contributed by atoms with van der Waals surface area (Å²) >= 11 is 0. The van der Waals surface area contributed by atoms with E-state index >= 15 is 0 Å². The van der Waals surface area contributed by atoms with Crippen LogP contribution in [-0.2, 0) is 14.8 Å². The van der Waals surface area contributed by atoms with Gasteiger partial charge in [-0.1, -0.05) is 12.1 Å². The Balaban J connectivity index is 1.74. The number of hydrogen-bond acceptors (Lipinski definition) is 8. The Kier molecular flexibility index (Phi) is 6.45. The van der Waals surface area contributed by atoms with E-state index in [9.17, 15) is 13.2 Å². The molecule has 0 spiro atoms. The molecule has 3 aromatic rings. The van der Waals surface area contributed by atoms with Gasteiger partial charge in [0.05, 0.1) is 4.90 Å². The molecule has 0 saturated heterocycles. The number of benzene rings is 2. The largest absolute Gasteiger partial charge is 0.482 e. The van der Waals surface area contributed by atoms with Crippen LogP contribution in [-0.4, -0.2) is 43.1 Å². The van der Waals surface area contributed by atoms with Gasteiger partial charge in [-0.3, -0.25) is 0 Å². The van der Waals surface area contributed by atoms with Crippen molar-refractivity contribution in [1.82, 2.24) is 14.7 Å². The summed E-state index contributed by atoms with van der Waals surface area (Å²) in [5.74, 6) is 0.260. The highest BCUT2D eigenvalue weighted by Crippen LogP contribution is 2.23. The zero-order valence-corrected chi connectivity index (χ0v) is 16.7. The van der Waals surface area contributed by atoms with Crippen molar-refractivity contribution >= 4 is 39.0 Å². The Morgan fingerprint density at radius 1 is 1.00 bits per heavy atom. The highest BCUT2D eigenvalue weighted by molar-refractivity contribution is 7.89. The van der Waals surface area contributed by atoms with Crippen LogP contribution in [0.4, 0.5) is 23.0 Å². The van der Waals surface area contributed by atoms with Crippen LogP contribution in [0.3, 0.4) is 0 Å². The average Bonchev–Trinajstić information content (AvgIpc) is 2.73. The van der Waals surface area contributed by atoms with Crippen molar-refractivity contribution in [2.24, 2.45) is 0 Å². The molecule has 2 aromatic carbocycles. The predicted octanol–water partition coefficient (Wildman–Crippen LogP) is 2.34. The van der Waals surface area contributed by atoms with Crippen LogP contribution in [0, 0.1) is 0 Å². The minimum atomic E-state index is -3.56. The summed E-state index contributed by atoms with van der Waals surface area (Å²) in [4.78, 5) is 19.0. The number of sulfonamides is 1. The number of carbonyl (C=O) groups is 1. The Morgan fingerprint density at radius 2 is 1.63 bits per heavy atom. The van der Waals surface area contributed by atoms with E-state index in [-0.39, 0.29) is 4.90 Å². The molecular weight excluding hydrogens is 410 g/mol. The van der Waals surface area contributed by atoms with Crippen LogP contribution in [0.25, 0.3) is 0 Å². The highest BCUT2D eigenvalue weighted by Gasteiger charge is 2.11. The molecule has 0 aliphatic rings. The maximum atomic E-state index is 12.0. The first-order valence-electron chi connectivity index (χ1n) is 8.70. The molecule has 0 aliphatic carbocycles. The minimum Gasteiger partial charge on any atom is -0.482 e. The maximum absolute atomic E-state index is 12.0. The number of anilines is 4. The normalized spacial score (nSPS) is 11.0. The molecule has 30 heavy (non-hydrogen) atoms. The third-order valence-corrected chi connectivity index (χ3v) is 5.23. The fourth-order valence-corrected chi connectivity index (χ4v) is 3.23. The van der Waals surface area contributed by atoms with E-state index in [4.69, 9.17) is 9.84 Å². The van der Waals surface area contributed by atoms with E-state index in [1.165, 1.54) is 25.5 Å². The fraction of sp³-hybridized carbons (Fsp3) is 0.105. The van der Waals surface area contributed by atoms with Crippen LogP contribution in [0.2, 0.25) is 0 Å². The summed E-state index contributed by atoms with van der Waals surface area (Å²) in [7, 11) is -2.21. The van der Waals surface area contributed by atoms with Crippen LogP contribution in [0.15, 0.2) is 65.8 Å². The molecule has 4 N–H and O–H groups in total. The molecule has 0 fully saturated rings. The highest BCUT2D eigenvalue weighted by atomic mass is 32.2. The molecule has 0 unspecified atom stereocenters. The van der Waals surface area contributed by atoms with Gasteiger partial charge in [0.1, 0.15) is 23.7 Å². The van der Waals surface area contributed by atoms with E-state index < -0.39 is 22.6 Å². The lowest BCUT2D eigenvalue weighted by Crippen LogP contribution is -2.18. The van der Waals surface area contributed by atoms with Gasteiger partial charge in [0, 0.05) is 23.5 Å². The topological polar surface area (TPSA) is 143 Å². The number of aliphatic carboxylic acids is 1.